The summed E-state index contributed by atoms with van der Waals surface area (Å²) in [6.07, 6.45) is 0. The van der Waals surface area contributed by atoms with E-state index in [1.165, 1.54) is 25.3 Å². The molecule has 0 aliphatic carbocycles. The fourth-order valence-corrected chi connectivity index (χ4v) is 2.26. The molecule has 0 spiro atoms. The molecule has 0 saturated heterocycles. The highest BCUT2D eigenvalue weighted by atomic mass is 79.9. The lowest BCUT2D eigenvalue weighted by Crippen LogP contribution is -2.14. The molecule has 1 rings (SSSR count). The number of Topliss-reactive ketones (excluding diaryl/α,β-unsaturated/α-hetero) is 1. The lowest BCUT2D eigenvalue weighted by Gasteiger charge is -2.14. The second-order valence-electron chi connectivity index (χ2n) is 3.36. The first-order valence-corrected chi connectivity index (χ1v) is 6.60. The largest absolute Gasteiger partial charge is 0.496 e. The zero-order valence-corrected chi connectivity index (χ0v) is 11.9. The molecule has 0 fully saturated rings. The van der Waals surface area contributed by atoms with Gasteiger partial charge in [-0.3, -0.25) is 4.79 Å². The highest BCUT2D eigenvalue weighted by Gasteiger charge is 2.33. The normalized spacial score (nSPS) is 13.2. The molecule has 18 heavy (non-hydrogen) atoms. The Morgan fingerprint density at radius 2 is 2.06 bits per heavy atom. The van der Waals surface area contributed by atoms with Crippen LogP contribution < -0.4 is 4.74 Å². The summed E-state index contributed by atoms with van der Waals surface area (Å²) < 4.78 is 42.2. The van der Waals surface area contributed by atoms with Crippen molar-refractivity contribution in [3.63, 3.8) is 0 Å². The number of thioether (sulfide) groups is 1. The number of hydrogen-bond acceptors (Lipinski definition) is 3. The maximum atomic E-state index is 12.4. The van der Waals surface area contributed by atoms with Gasteiger partial charge in [-0.15, -0.1) is 0 Å². The molecule has 0 aliphatic rings. The van der Waals surface area contributed by atoms with E-state index < -0.39 is 16.1 Å². The van der Waals surface area contributed by atoms with Crippen molar-refractivity contribution < 1.29 is 22.7 Å². The standard InChI is InChI=1S/C11H10BrF3O2S/c1-6(12)10(16)9-7(17-2)4-3-5-8(9)18-11(13,14)15/h3-6H,1-2H3. The van der Waals surface area contributed by atoms with E-state index in [0.29, 0.717) is 0 Å². The van der Waals surface area contributed by atoms with Crippen molar-refractivity contribution in [1.82, 2.24) is 0 Å². The molecule has 1 atom stereocenters. The summed E-state index contributed by atoms with van der Waals surface area (Å²) >= 11 is 2.74. The van der Waals surface area contributed by atoms with Gasteiger partial charge >= 0.3 is 5.51 Å². The van der Waals surface area contributed by atoms with E-state index in [9.17, 15) is 18.0 Å². The van der Waals surface area contributed by atoms with Gasteiger partial charge in [0.1, 0.15) is 5.75 Å². The molecule has 1 unspecified atom stereocenters. The van der Waals surface area contributed by atoms with Crippen molar-refractivity contribution in [2.45, 2.75) is 22.2 Å². The van der Waals surface area contributed by atoms with E-state index >= 15 is 0 Å². The van der Waals surface area contributed by atoms with E-state index in [1.807, 2.05) is 0 Å². The average molecular weight is 343 g/mol. The molecular formula is C11H10BrF3O2S. The minimum Gasteiger partial charge on any atom is -0.496 e. The summed E-state index contributed by atoms with van der Waals surface area (Å²) in [5.41, 5.74) is -4.50. The smallest absolute Gasteiger partial charge is 0.446 e. The number of halogens is 4. The molecule has 2 nitrogen and oxygen atoms in total. The Hall–Kier alpha value is -0.690. The molecule has 1 aromatic carbocycles. The molecule has 0 aliphatic heterocycles. The number of rotatable bonds is 4. The first-order valence-electron chi connectivity index (χ1n) is 4.87. The maximum Gasteiger partial charge on any atom is 0.446 e. The van der Waals surface area contributed by atoms with Crippen LogP contribution in [0.4, 0.5) is 13.2 Å². The molecule has 100 valence electrons. The number of benzene rings is 1. The van der Waals surface area contributed by atoms with Crippen LogP contribution in [0.5, 0.6) is 5.75 Å². The Morgan fingerprint density at radius 1 is 1.44 bits per heavy atom. The van der Waals surface area contributed by atoms with Crippen molar-refractivity contribution >= 4 is 33.5 Å². The van der Waals surface area contributed by atoms with Crippen molar-refractivity contribution in [1.29, 1.82) is 0 Å². The zero-order valence-electron chi connectivity index (χ0n) is 9.55. The second kappa shape index (κ2) is 5.97. The summed E-state index contributed by atoms with van der Waals surface area (Å²) in [4.78, 5) is 11.2. The van der Waals surface area contributed by atoms with Crippen LogP contribution in [-0.4, -0.2) is 23.2 Å². The Balaban J connectivity index is 3.29. The Morgan fingerprint density at radius 3 is 2.50 bits per heavy atom. The van der Waals surface area contributed by atoms with Crippen LogP contribution in [0.25, 0.3) is 0 Å². The lowest BCUT2D eigenvalue weighted by molar-refractivity contribution is -0.0328. The maximum absolute atomic E-state index is 12.4. The van der Waals surface area contributed by atoms with Crippen molar-refractivity contribution in [2.75, 3.05) is 7.11 Å². The minimum atomic E-state index is -4.45. The van der Waals surface area contributed by atoms with Crippen molar-refractivity contribution in [2.24, 2.45) is 0 Å². The van der Waals surface area contributed by atoms with Gasteiger partial charge in [0.25, 0.3) is 0 Å². The number of carbonyl (C=O) groups excluding carboxylic acids is 1. The molecule has 7 heteroatoms. The van der Waals surface area contributed by atoms with Crippen LogP contribution in [0.2, 0.25) is 0 Å². The van der Waals surface area contributed by atoms with Gasteiger partial charge in [-0.2, -0.15) is 13.2 Å². The number of alkyl halides is 4. The molecule has 0 heterocycles. The quantitative estimate of drug-likeness (QED) is 0.464. The van der Waals surface area contributed by atoms with Gasteiger partial charge < -0.3 is 4.74 Å². The summed E-state index contributed by atoms with van der Waals surface area (Å²) in [6, 6.07) is 4.13. The molecule has 0 bridgehead atoms. The zero-order chi connectivity index (χ0) is 13.9. The van der Waals surface area contributed by atoms with Gasteiger partial charge in [-0.1, -0.05) is 22.0 Å². The highest BCUT2D eigenvalue weighted by molar-refractivity contribution is 9.10. The van der Waals surface area contributed by atoms with Gasteiger partial charge in [0, 0.05) is 4.90 Å². The number of carbonyl (C=O) groups is 1. The number of ether oxygens (including phenoxy) is 1. The number of methoxy groups -OCH3 is 1. The minimum absolute atomic E-state index is 0.0494. The monoisotopic (exact) mass is 342 g/mol. The lowest BCUT2D eigenvalue weighted by atomic mass is 10.1. The van der Waals surface area contributed by atoms with Crippen LogP contribution in [0.3, 0.4) is 0 Å². The Labute approximate surface area is 115 Å². The first-order chi connectivity index (χ1) is 8.26. The van der Waals surface area contributed by atoms with Crippen LogP contribution in [-0.2, 0) is 0 Å². The van der Waals surface area contributed by atoms with E-state index in [-0.39, 0.29) is 28.0 Å². The third-order valence-electron chi connectivity index (χ3n) is 2.04. The van der Waals surface area contributed by atoms with Crippen LogP contribution in [0, 0.1) is 0 Å². The molecule has 1 aromatic rings. The summed E-state index contributed by atoms with van der Waals surface area (Å²) in [7, 11) is 1.31. The van der Waals surface area contributed by atoms with Gasteiger partial charge in [0.2, 0.25) is 0 Å². The van der Waals surface area contributed by atoms with Gasteiger partial charge in [0.05, 0.1) is 17.5 Å². The topological polar surface area (TPSA) is 26.3 Å². The van der Waals surface area contributed by atoms with E-state index in [2.05, 4.69) is 15.9 Å². The Bertz CT molecular complexity index is 446. The first kappa shape index (κ1) is 15.4. The van der Waals surface area contributed by atoms with Gasteiger partial charge in [-0.05, 0) is 30.8 Å². The number of ketones is 1. The van der Waals surface area contributed by atoms with Gasteiger partial charge in [0.15, 0.2) is 5.78 Å². The fraction of sp³-hybridized carbons (Fsp3) is 0.364. The van der Waals surface area contributed by atoms with E-state index in [0.717, 1.165) is 0 Å². The third-order valence-corrected chi connectivity index (χ3v) is 3.25. The molecule has 0 amide bonds. The Kier molecular flexibility index (Phi) is 5.10. The molecule has 0 aromatic heterocycles. The molecular weight excluding hydrogens is 333 g/mol. The van der Waals surface area contributed by atoms with Gasteiger partial charge in [-0.25, -0.2) is 0 Å². The fourth-order valence-electron chi connectivity index (χ4n) is 1.33. The summed E-state index contributed by atoms with van der Waals surface area (Å²) in [6.45, 7) is 1.55. The third kappa shape index (κ3) is 3.91. The summed E-state index contributed by atoms with van der Waals surface area (Å²) in [5.74, 6) is -0.306. The van der Waals surface area contributed by atoms with Crippen molar-refractivity contribution in [3.05, 3.63) is 23.8 Å². The predicted octanol–water partition coefficient (Wildman–Crippen LogP) is 4.27. The second-order valence-corrected chi connectivity index (χ2v) is 5.84. The number of hydrogen-bond donors (Lipinski definition) is 0. The van der Waals surface area contributed by atoms with Crippen LogP contribution in [0.1, 0.15) is 17.3 Å². The molecule has 0 radical (unpaired) electrons. The highest BCUT2D eigenvalue weighted by Crippen LogP contribution is 2.41. The van der Waals surface area contributed by atoms with E-state index in [4.69, 9.17) is 4.74 Å². The van der Waals surface area contributed by atoms with Crippen molar-refractivity contribution in [3.8, 4) is 5.75 Å². The molecule has 0 saturated carbocycles. The predicted molar refractivity (Wildman–Crippen MR) is 67.6 cm³/mol. The molecule has 0 N–H and O–H groups in total. The summed E-state index contributed by atoms with van der Waals surface area (Å²) in [5, 5.41) is 0. The SMILES string of the molecule is COc1cccc(SC(F)(F)F)c1C(=O)C(C)Br. The van der Waals surface area contributed by atoms with E-state index in [1.54, 1.807) is 6.92 Å². The average Bonchev–Trinajstić information content (AvgIpc) is 2.25. The van der Waals surface area contributed by atoms with Crippen LogP contribution >= 0.6 is 27.7 Å². The van der Waals surface area contributed by atoms with Crippen LogP contribution in [0.15, 0.2) is 23.1 Å².